The number of ether oxygens (including phenoxy) is 2. The molecule has 8 nitrogen and oxygen atoms in total. The molecule has 0 aromatic heterocycles. The Balaban J connectivity index is 3.65. The molecule has 1 amide bonds. The predicted octanol–water partition coefficient (Wildman–Crippen LogP) is 3.17. The summed E-state index contributed by atoms with van der Waals surface area (Å²) in [4.78, 5) is 25.5. The van der Waals surface area contributed by atoms with Crippen molar-refractivity contribution in [2.24, 2.45) is 11.0 Å². The van der Waals surface area contributed by atoms with Crippen molar-refractivity contribution < 1.29 is 19.1 Å². The van der Waals surface area contributed by atoms with Crippen LogP contribution in [0.25, 0.3) is 10.4 Å². The molecule has 1 N–H and O–H groups in total. The van der Waals surface area contributed by atoms with Crippen LogP contribution in [0, 0.1) is 5.92 Å². The van der Waals surface area contributed by atoms with Gasteiger partial charge in [0.2, 0.25) is 0 Å². The van der Waals surface area contributed by atoms with Gasteiger partial charge in [-0.2, -0.15) is 0 Å². The number of amides is 1. The van der Waals surface area contributed by atoms with Crippen LogP contribution in [-0.2, 0) is 14.3 Å². The smallest absolute Gasteiger partial charge is 0.407 e. The van der Waals surface area contributed by atoms with E-state index in [1.54, 1.807) is 0 Å². The number of hydrogen-bond donors (Lipinski definition) is 1. The van der Waals surface area contributed by atoms with E-state index in [4.69, 9.17) is 15.0 Å². The topological polar surface area (TPSA) is 113 Å². The van der Waals surface area contributed by atoms with Gasteiger partial charge in [-0.15, -0.1) is 0 Å². The molecule has 22 heavy (non-hydrogen) atoms. The molecule has 8 heteroatoms. The minimum absolute atomic E-state index is 0.0611. The van der Waals surface area contributed by atoms with Crippen molar-refractivity contribution in [2.45, 2.75) is 52.6 Å². The van der Waals surface area contributed by atoms with E-state index >= 15 is 0 Å². The van der Waals surface area contributed by atoms with E-state index in [-0.39, 0.29) is 25.0 Å². The number of hydrogen-bond acceptors (Lipinski definition) is 5. The summed E-state index contributed by atoms with van der Waals surface area (Å²) in [7, 11) is 0. The van der Waals surface area contributed by atoms with Crippen LogP contribution < -0.4 is 5.32 Å². The van der Waals surface area contributed by atoms with Crippen molar-refractivity contribution in [2.75, 3.05) is 19.7 Å². The molecular weight excluding hydrogens is 288 g/mol. The summed E-state index contributed by atoms with van der Waals surface area (Å²) in [5.74, 6) is -0.354. The van der Waals surface area contributed by atoms with Crippen LogP contribution in [0.1, 0.15) is 47.0 Å². The fraction of sp³-hybridized carbons (Fsp3) is 0.857. The number of carbonyl (C=O) groups excluding carboxylic acids is 2. The van der Waals surface area contributed by atoms with Crippen LogP contribution >= 0.6 is 0 Å². The number of carbonyl (C=O) groups is 2. The van der Waals surface area contributed by atoms with Gasteiger partial charge >= 0.3 is 12.1 Å². The molecule has 0 aromatic rings. The summed E-state index contributed by atoms with van der Waals surface area (Å²) < 4.78 is 10.1. The molecule has 1 atom stereocenters. The average molecular weight is 314 g/mol. The molecule has 126 valence electrons. The van der Waals surface area contributed by atoms with Gasteiger partial charge in [0.15, 0.2) is 0 Å². The van der Waals surface area contributed by atoms with E-state index < -0.39 is 11.7 Å². The molecule has 0 aromatic carbocycles. The zero-order valence-electron chi connectivity index (χ0n) is 13.8. The lowest BCUT2D eigenvalue weighted by molar-refractivity contribution is -0.159. The number of esters is 1. The van der Waals surface area contributed by atoms with Crippen LogP contribution in [0.4, 0.5) is 4.79 Å². The van der Waals surface area contributed by atoms with E-state index in [1.807, 2.05) is 27.7 Å². The van der Waals surface area contributed by atoms with E-state index in [1.165, 1.54) is 0 Å². The molecule has 0 spiro atoms. The van der Waals surface area contributed by atoms with Crippen molar-refractivity contribution in [1.82, 2.24) is 5.32 Å². The quantitative estimate of drug-likeness (QED) is 0.231. The first kappa shape index (κ1) is 20.1. The van der Waals surface area contributed by atoms with Crippen LogP contribution in [0.3, 0.4) is 0 Å². The minimum Gasteiger partial charge on any atom is -0.460 e. The predicted molar refractivity (Wildman–Crippen MR) is 82.2 cm³/mol. The molecule has 0 rings (SSSR count). The molecule has 0 saturated carbocycles. The number of azide groups is 1. The molecule has 0 saturated heterocycles. The van der Waals surface area contributed by atoms with Crippen molar-refractivity contribution in [3.8, 4) is 0 Å². The molecule has 0 aliphatic carbocycles. The third-order valence-corrected chi connectivity index (χ3v) is 2.63. The third kappa shape index (κ3) is 11.8. The fourth-order valence-electron chi connectivity index (χ4n) is 1.56. The van der Waals surface area contributed by atoms with Crippen molar-refractivity contribution in [3.05, 3.63) is 10.4 Å². The Labute approximate surface area is 131 Å². The molecule has 0 bridgehead atoms. The number of nitrogens with zero attached hydrogens (tertiary/aromatic N) is 3. The number of unbranched alkanes of at least 4 members (excludes halogenated alkanes) is 1. The summed E-state index contributed by atoms with van der Waals surface area (Å²) in [5, 5.41) is 5.84. The first-order valence-corrected chi connectivity index (χ1v) is 7.40. The van der Waals surface area contributed by atoms with Crippen molar-refractivity contribution in [1.29, 1.82) is 0 Å². The minimum atomic E-state index is -0.534. The highest BCUT2D eigenvalue weighted by Gasteiger charge is 2.21. The zero-order valence-corrected chi connectivity index (χ0v) is 13.8. The molecular formula is C14H26N4O4. The van der Waals surface area contributed by atoms with Gasteiger partial charge in [0, 0.05) is 11.5 Å². The highest BCUT2D eigenvalue weighted by Crippen LogP contribution is 2.15. The monoisotopic (exact) mass is 314 g/mol. The van der Waals surface area contributed by atoms with Crippen molar-refractivity contribution >= 4 is 12.1 Å². The van der Waals surface area contributed by atoms with Gasteiger partial charge in [-0.1, -0.05) is 18.5 Å². The number of alkyl carbamates (subject to hydrolysis) is 1. The Morgan fingerprint density at radius 3 is 2.59 bits per heavy atom. The summed E-state index contributed by atoms with van der Waals surface area (Å²) in [6.45, 7) is 8.02. The molecule has 0 unspecified atom stereocenters. The van der Waals surface area contributed by atoms with Crippen LogP contribution in [0.15, 0.2) is 5.11 Å². The summed E-state index contributed by atoms with van der Waals surface area (Å²) in [5.41, 5.74) is 7.58. The van der Waals surface area contributed by atoms with Gasteiger partial charge in [-0.3, -0.25) is 4.79 Å². The summed E-state index contributed by atoms with van der Waals surface area (Å²) in [6, 6.07) is 0. The van der Waals surface area contributed by atoms with E-state index in [2.05, 4.69) is 15.3 Å². The number of rotatable bonds is 9. The first-order valence-electron chi connectivity index (χ1n) is 7.40. The standard InChI is InChI=1S/C14H26N4O4/c1-11(12(19)22-14(2,3)4)7-5-6-8-16-13(20)21-10-9-17-18-15/h11H,5-10H2,1-4H3,(H,16,20)/t11-/m0/s1. The van der Waals surface area contributed by atoms with Gasteiger partial charge in [0.05, 0.1) is 19.1 Å². The lowest BCUT2D eigenvalue weighted by Gasteiger charge is -2.22. The maximum atomic E-state index is 11.8. The SMILES string of the molecule is C[C@@H](CCCCNC(=O)OCCN=[N+]=[N-])C(=O)OC(C)(C)C. The lowest BCUT2D eigenvalue weighted by atomic mass is 10.0. The normalized spacial score (nSPS) is 12.0. The Bertz CT molecular complexity index is 400. The lowest BCUT2D eigenvalue weighted by Crippen LogP contribution is -2.28. The fourth-order valence-corrected chi connectivity index (χ4v) is 1.56. The second-order valence-electron chi connectivity index (χ2n) is 5.95. The maximum absolute atomic E-state index is 11.8. The molecule has 0 aliphatic rings. The molecule has 0 fully saturated rings. The van der Waals surface area contributed by atoms with E-state index in [0.717, 1.165) is 12.8 Å². The maximum Gasteiger partial charge on any atom is 0.407 e. The Kier molecular flexibility index (Phi) is 9.78. The Morgan fingerprint density at radius 1 is 1.32 bits per heavy atom. The van der Waals surface area contributed by atoms with Gasteiger partial charge in [0.1, 0.15) is 5.60 Å². The first-order chi connectivity index (χ1) is 10.3. The van der Waals surface area contributed by atoms with E-state index in [9.17, 15) is 9.59 Å². The molecule has 0 radical (unpaired) electrons. The van der Waals surface area contributed by atoms with Crippen molar-refractivity contribution in [3.63, 3.8) is 0 Å². The average Bonchev–Trinajstić information content (AvgIpc) is 2.41. The molecule has 0 heterocycles. The van der Waals surface area contributed by atoms with Crippen LogP contribution in [0.5, 0.6) is 0 Å². The summed E-state index contributed by atoms with van der Waals surface area (Å²) in [6.07, 6.45) is 1.73. The molecule has 0 aliphatic heterocycles. The zero-order chi connectivity index (χ0) is 17.0. The Hall–Kier alpha value is -1.95. The third-order valence-electron chi connectivity index (χ3n) is 2.63. The second-order valence-corrected chi connectivity index (χ2v) is 5.95. The summed E-state index contributed by atoms with van der Waals surface area (Å²) >= 11 is 0. The van der Waals surface area contributed by atoms with Crippen LogP contribution in [-0.4, -0.2) is 37.4 Å². The Morgan fingerprint density at radius 2 is 2.00 bits per heavy atom. The van der Waals surface area contributed by atoms with Crippen LogP contribution in [0.2, 0.25) is 0 Å². The number of nitrogens with one attached hydrogen (secondary N) is 1. The van der Waals surface area contributed by atoms with Gasteiger partial charge in [-0.25, -0.2) is 4.79 Å². The highest BCUT2D eigenvalue weighted by atomic mass is 16.6. The van der Waals surface area contributed by atoms with Gasteiger partial charge in [0.25, 0.3) is 0 Å². The van der Waals surface area contributed by atoms with Gasteiger partial charge in [-0.05, 0) is 39.1 Å². The van der Waals surface area contributed by atoms with E-state index in [0.29, 0.717) is 13.0 Å². The largest absolute Gasteiger partial charge is 0.460 e. The highest BCUT2D eigenvalue weighted by molar-refractivity contribution is 5.72. The second kappa shape index (κ2) is 10.7. The van der Waals surface area contributed by atoms with Gasteiger partial charge < -0.3 is 14.8 Å².